The van der Waals surface area contributed by atoms with Crippen molar-refractivity contribution in [3.63, 3.8) is 0 Å². The van der Waals surface area contributed by atoms with Gasteiger partial charge in [0.05, 0.1) is 10.9 Å². The van der Waals surface area contributed by atoms with Gasteiger partial charge in [0.2, 0.25) is 0 Å². The highest BCUT2D eigenvalue weighted by Crippen LogP contribution is 2.23. The summed E-state index contributed by atoms with van der Waals surface area (Å²) >= 11 is 0. The number of hydrogen-bond acceptors (Lipinski definition) is 3. The molecule has 3 nitrogen and oxygen atoms in total. The van der Waals surface area contributed by atoms with E-state index in [0.717, 1.165) is 11.1 Å². The van der Waals surface area contributed by atoms with Crippen LogP contribution in [0.4, 0.5) is 0 Å². The number of rotatable bonds is 1. The van der Waals surface area contributed by atoms with E-state index in [1.165, 1.54) is 6.26 Å². The topological polar surface area (TPSA) is 50.4 Å². The molecule has 0 radical (unpaired) electrons. The molecule has 0 saturated carbocycles. The zero-order chi connectivity index (χ0) is 13.4. The maximum Gasteiger partial charge on any atom is 0.200 e. The summed E-state index contributed by atoms with van der Waals surface area (Å²) in [6.07, 6.45) is 1.48. The molecule has 0 aliphatic rings. The van der Waals surface area contributed by atoms with Gasteiger partial charge in [0, 0.05) is 0 Å². The number of phenols is 1. The zero-order valence-corrected chi connectivity index (χ0v) is 10.4. The Balaban J connectivity index is 2.29. The molecule has 2 aromatic carbocycles. The first-order valence-electron chi connectivity index (χ1n) is 5.97. The minimum atomic E-state index is -0.0596. The van der Waals surface area contributed by atoms with Gasteiger partial charge in [-0.3, -0.25) is 4.79 Å². The molecule has 0 fully saturated rings. The Morgan fingerprint density at radius 1 is 1.05 bits per heavy atom. The standard InChI is InChI=1S/C16H12O3/c1-10-3-2-4-13-15(18)14(9-19-16(10)13)11-5-7-12(17)8-6-11/h2-9,17H,1H3. The summed E-state index contributed by atoms with van der Waals surface area (Å²) in [6.45, 7) is 1.91. The molecular formula is C16H12O3. The number of aryl methyl sites for hydroxylation is 1. The maximum atomic E-state index is 12.4. The quantitative estimate of drug-likeness (QED) is 0.721. The zero-order valence-electron chi connectivity index (χ0n) is 10.4. The van der Waals surface area contributed by atoms with E-state index in [4.69, 9.17) is 4.42 Å². The highest BCUT2D eigenvalue weighted by Gasteiger charge is 2.10. The molecule has 1 N–H and O–H groups in total. The number of benzene rings is 2. The lowest BCUT2D eigenvalue weighted by Crippen LogP contribution is -2.05. The molecule has 94 valence electrons. The Morgan fingerprint density at radius 2 is 1.79 bits per heavy atom. The van der Waals surface area contributed by atoms with Gasteiger partial charge < -0.3 is 9.52 Å². The number of hydrogen-bond donors (Lipinski definition) is 1. The van der Waals surface area contributed by atoms with Gasteiger partial charge in [-0.1, -0.05) is 24.3 Å². The summed E-state index contributed by atoms with van der Waals surface area (Å²) in [5.41, 5.74) is 2.73. The lowest BCUT2D eigenvalue weighted by atomic mass is 10.0. The molecule has 1 heterocycles. The SMILES string of the molecule is Cc1cccc2c(=O)c(-c3ccc(O)cc3)coc12. The van der Waals surface area contributed by atoms with Gasteiger partial charge >= 0.3 is 0 Å². The van der Waals surface area contributed by atoms with Crippen LogP contribution in [0, 0.1) is 6.92 Å². The molecule has 0 unspecified atom stereocenters. The van der Waals surface area contributed by atoms with Crippen molar-refractivity contribution in [1.82, 2.24) is 0 Å². The molecule has 0 spiro atoms. The summed E-state index contributed by atoms with van der Waals surface area (Å²) in [5.74, 6) is 0.171. The molecule has 3 rings (SSSR count). The van der Waals surface area contributed by atoms with Crippen molar-refractivity contribution < 1.29 is 9.52 Å². The van der Waals surface area contributed by atoms with E-state index >= 15 is 0 Å². The fraction of sp³-hybridized carbons (Fsp3) is 0.0625. The van der Waals surface area contributed by atoms with Gasteiger partial charge in [-0.15, -0.1) is 0 Å². The molecule has 0 aliphatic heterocycles. The monoisotopic (exact) mass is 252 g/mol. The van der Waals surface area contributed by atoms with Crippen molar-refractivity contribution in [2.75, 3.05) is 0 Å². The maximum absolute atomic E-state index is 12.4. The fourth-order valence-corrected chi connectivity index (χ4v) is 2.14. The minimum absolute atomic E-state index is 0.0596. The van der Waals surface area contributed by atoms with E-state index in [1.807, 2.05) is 19.1 Å². The molecule has 0 aliphatic carbocycles. The van der Waals surface area contributed by atoms with Crippen molar-refractivity contribution in [3.8, 4) is 16.9 Å². The molecular weight excluding hydrogens is 240 g/mol. The summed E-state index contributed by atoms with van der Waals surface area (Å²) in [7, 11) is 0. The second-order valence-corrected chi connectivity index (χ2v) is 4.48. The Labute approximate surface area is 109 Å². The number of para-hydroxylation sites is 1. The average Bonchev–Trinajstić information content (AvgIpc) is 2.42. The van der Waals surface area contributed by atoms with Crippen LogP contribution in [0.1, 0.15) is 5.56 Å². The van der Waals surface area contributed by atoms with Crippen molar-refractivity contribution >= 4 is 11.0 Å². The van der Waals surface area contributed by atoms with Crippen LogP contribution in [-0.2, 0) is 0 Å². The van der Waals surface area contributed by atoms with Crippen LogP contribution in [0.5, 0.6) is 5.75 Å². The average molecular weight is 252 g/mol. The smallest absolute Gasteiger partial charge is 0.200 e. The highest BCUT2D eigenvalue weighted by molar-refractivity contribution is 5.83. The van der Waals surface area contributed by atoms with Gasteiger partial charge in [-0.05, 0) is 36.2 Å². The first-order valence-corrected chi connectivity index (χ1v) is 5.97. The fourth-order valence-electron chi connectivity index (χ4n) is 2.14. The van der Waals surface area contributed by atoms with Crippen LogP contribution in [0.3, 0.4) is 0 Å². The number of aromatic hydroxyl groups is 1. The minimum Gasteiger partial charge on any atom is -0.508 e. The lowest BCUT2D eigenvalue weighted by molar-refractivity contribution is 0.475. The van der Waals surface area contributed by atoms with E-state index in [1.54, 1.807) is 30.3 Å². The normalized spacial score (nSPS) is 10.8. The summed E-state index contributed by atoms with van der Waals surface area (Å²) in [6, 6.07) is 12.0. The van der Waals surface area contributed by atoms with Gasteiger partial charge in [-0.25, -0.2) is 0 Å². The lowest BCUT2D eigenvalue weighted by Gasteiger charge is -2.04. The second-order valence-electron chi connectivity index (χ2n) is 4.48. The van der Waals surface area contributed by atoms with Gasteiger partial charge in [-0.2, -0.15) is 0 Å². The number of phenolic OH excluding ortho intramolecular Hbond substituents is 1. The van der Waals surface area contributed by atoms with Crippen molar-refractivity contribution in [2.45, 2.75) is 6.92 Å². The Morgan fingerprint density at radius 3 is 2.53 bits per heavy atom. The summed E-state index contributed by atoms with van der Waals surface area (Å²) < 4.78 is 5.58. The van der Waals surface area contributed by atoms with Crippen LogP contribution in [0.25, 0.3) is 22.1 Å². The van der Waals surface area contributed by atoms with Gasteiger partial charge in [0.15, 0.2) is 5.43 Å². The Hall–Kier alpha value is -2.55. The predicted octanol–water partition coefficient (Wildman–Crippen LogP) is 3.47. The molecule has 0 atom stereocenters. The van der Waals surface area contributed by atoms with Crippen LogP contribution in [-0.4, -0.2) is 5.11 Å². The van der Waals surface area contributed by atoms with Crippen LogP contribution >= 0.6 is 0 Å². The Bertz CT molecular complexity index is 798. The molecule has 0 bridgehead atoms. The van der Waals surface area contributed by atoms with Crippen molar-refractivity contribution in [1.29, 1.82) is 0 Å². The van der Waals surface area contributed by atoms with Crippen LogP contribution in [0.15, 0.2) is 57.9 Å². The predicted molar refractivity (Wildman–Crippen MR) is 74.3 cm³/mol. The van der Waals surface area contributed by atoms with Crippen molar-refractivity contribution in [2.24, 2.45) is 0 Å². The Kier molecular flexibility index (Phi) is 2.60. The largest absolute Gasteiger partial charge is 0.508 e. The third-order valence-electron chi connectivity index (χ3n) is 3.17. The van der Waals surface area contributed by atoms with Crippen LogP contribution in [0.2, 0.25) is 0 Å². The molecule has 1 aromatic heterocycles. The molecule has 19 heavy (non-hydrogen) atoms. The van der Waals surface area contributed by atoms with E-state index in [2.05, 4.69) is 0 Å². The summed E-state index contributed by atoms with van der Waals surface area (Å²) in [5, 5.41) is 9.85. The van der Waals surface area contributed by atoms with E-state index < -0.39 is 0 Å². The third kappa shape index (κ3) is 1.89. The first kappa shape index (κ1) is 11.5. The first-order chi connectivity index (χ1) is 9.16. The molecule has 0 amide bonds. The second kappa shape index (κ2) is 4.28. The highest BCUT2D eigenvalue weighted by atomic mass is 16.3. The van der Waals surface area contributed by atoms with Gasteiger partial charge in [0.25, 0.3) is 0 Å². The van der Waals surface area contributed by atoms with E-state index in [-0.39, 0.29) is 11.2 Å². The van der Waals surface area contributed by atoms with Crippen molar-refractivity contribution in [3.05, 3.63) is 64.5 Å². The molecule has 3 aromatic rings. The van der Waals surface area contributed by atoms with Gasteiger partial charge in [0.1, 0.15) is 17.6 Å². The van der Waals surface area contributed by atoms with E-state index in [0.29, 0.717) is 16.5 Å². The summed E-state index contributed by atoms with van der Waals surface area (Å²) in [4.78, 5) is 12.4. The third-order valence-corrected chi connectivity index (χ3v) is 3.17. The molecule has 3 heteroatoms. The van der Waals surface area contributed by atoms with E-state index in [9.17, 15) is 9.90 Å². The molecule has 0 saturated heterocycles. The number of fused-ring (bicyclic) bond motifs is 1. The van der Waals surface area contributed by atoms with Crippen LogP contribution < -0.4 is 5.43 Å².